The van der Waals surface area contributed by atoms with Gasteiger partial charge in [-0.25, -0.2) is 9.18 Å². The summed E-state index contributed by atoms with van der Waals surface area (Å²) in [7, 11) is 0. The predicted octanol–water partition coefficient (Wildman–Crippen LogP) is 2.49. The van der Waals surface area contributed by atoms with Crippen LogP contribution in [0.15, 0.2) is 41.8 Å². The molecule has 0 bridgehead atoms. The fourth-order valence-electron chi connectivity index (χ4n) is 2.63. The minimum atomic E-state index is -0.506. The Morgan fingerprint density at radius 1 is 1.29 bits per heavy atom. The van der Waals surface area contributed by atoms with Gasteiger partial charge < -0.3 is 15.5 Å². The zero-order valence-electron chi connectivity index (χ0n) is 13.0. The SMILES string of the molecule is O=C(NCc1cccs1)N[C@@H]1CCN(Cc2ccc(F)cc2)C1=O. The van der Waals surface area contributed by atoms with Crippen LogP contribution in [-0.4, -0.2) is 29.4 Å². The maximum absolute atomic E-state index is 12.9. The quantitative estimate of drug-likeness (QED) is 0.873. The number of halogens is 1. The van der Waals surface area contributed by atoms with E-state index in [4.69, 9.17) is 0 Å². The van der Waals surface area contributed by atoms with Crippen LogP contribution in [0.3, 0.4) is 0 Å². The highest BCUT2D eigenvalue weighted by Crippen LogP contribution is 2.15. The van der Waals surface area contributed by atoms with Crippen molar-refractivity contribution in [2.45, 2.75) is 25.6 Å². The van der Waals surface area contributed by atoms with E-state index in [0.29, 0.717) is 26.1 Å². The lowest BCUT2D eigenvalue weighted by atomic mass is 10.2. The molecule has 2 heterocycles. The Morgan fingerprint density at radius 2 is 2.08 bits per heavy atom. The van der Waals surface area contributed by atoms with Gasteiger partial charge in [-0.2, -0.15) is 0 Å². The first-order valence-electron chi connectivity index (χ1n) is 7.72. The Balaban J connectivity index is 1.48. The zero-order chi connectivity index (χ0) is 16.9. The fourth-order valence-corrected chi connectivity index (χ4v) is 3.27. The third kappa shape index (κ3) is 4.11. The third-order valence-electron chi connectivity index (χ3n) is 3.89. The van der Waals surface area contributed by atoms with E-state index in [2.05, 4.69) is 10.6 Å². The van der Waals surface area contributed by atoms with Crippen molar-refractivity contribution in [3.8, 4) is 0 Å². The molecule has 3 rings (SSSR count). The summed E-state index contributed by atoms with van der Waals surface area (Å²) in [5, 5.41) is 7.42. The summed E-state index contributed by atoms with van der Waals surface area (Å²) in [6.45, 7) is 1.45. The lowest BCUT2D eigenvalue weighted by Crippen LogP contribution is -2.45. The lowest BCUT2D eigenvalue weighted by Gasteiger charge is -2.17. The zero-order valence-corrected chi connectivity index (χ0v) is 13.8. The topological polar surface area (TPSA) is 61.4 Å². The van der Waals surface area contributed by atoms with E-state index in [0.717, 1.165) is 10.4 Å². The van der Waals surface area contributed by atoms with Crippen LogP contribution in [0.2, 0.25) is 0 Å². The molecule has 0 aliphatic carbocycles. The summed E-state index contributed by atoms with van der Waals surface area (Å²) >= 11 is 1.57. The molecule has 7 heteroatoms. The van der Waals surface area contributed by atoms with Crippen molar-refractivity contribution in [3.63, 3.8) is 0 Å². The maximum atomic E-state index is 12.9. The van der Waals surface area contributed by atoms with Crippen molar-refractivity contribution in [2.24, 2.45) is 0 Å². The van der Waals surface area contributed by atoms with E-state index in [1.807, 2.05) is 17.5 Å². The van der Waals surface area contributed by atoms with Crippen molar-refractivity contribution in [2.75, 3.05) is 6.54 Å². The second-order valence-electron chi connectivity index (χ2n) is 5.63. The molecule has 24 heavy (non-hydrogen) atoms. The van der Waals surface area contributed by atoms with Crippen LogP contribution in [0.4, 0.5) is 9.18 Å². The minimum Gasteiger partial charge on any atom is -0.336 e. The van der Waals surface area contributed by atoms with Gasteiger partial charge in [0, 0.05) is 18.0 Å². The van der Waals surface area contributed by atoms with Crippen LogP contribution >= 0.6 is 11.3 Å². The maximum Gasteiger partial charge on any atom is 0.315 e. The first-order valence-corrected chi connectivity index (χ1v) is 8.60. The predicted molar refractivity (Wildman–Crippen MR) is 89.9 cm³/mol. The molecule has 5 nitrogen and oxygen atoms in total. The standard InChI is InChI=1S/C17H18FN3O2S/c18-13-5-3-12(4-6-13)11-21-8-7-15(16(21)22)20-17(23)19-10-14-2-1-9-24-14/h1-6,9,15H,7-8,10-11H2,(H2,19,20,23)/t15-/m1/s1. The molecule has 1 aromatic heterocycles. The Morgan fingerprint density at radius 3 is 2.79 bits per heavy atom. The van der Waals surface area contributed by atoms with Crippen LogP contribution in [0.5, 0.6) is 0 Å². The van der Waals surface area contributed by atoms with Gasteiger partial charge in [-0.3, -0.25) is 4.79 Å². The van der Waals surface area contributed by atoms with Gasteiger partial charge in [0.25, 0.3) is 0 Å². The molecule has 1 fully saturated rings. The van der Waals surface area contributed by atoms with Crippen LogP contribution in [0, 0.1) is 5.82 Å². The molecule has 0 spiro atoms. The summed E-state index contributed by atoms with van der Waals surface area (Å²) in [6.07, 6.45) is 0.576. The van der Waals surface area contributed by atoms with Gasteiger partial charge in [0.1, 0.15) is 11.9 Å². The first-order chi connectivity index (χ1) is 11.6. The Bertz CT molecular complexity index is 703. The highest BCUT2D eigenvalue weighted by Gasteiger charge is 2.32. The number of benzene rings is 1. The molecule has 126 valence electrons. The van der Waals surface area contributed by atoms with Gasteiger partial charge in [0.15, 0.2) is 0 Å². The molecular formula is C17H18FN3O2S. The van der Waals surface area contributed by atoms with Crippen molar-refractivity contribution in [3.05, 3.63) is 58.0 Å². The average Bonchev–Trinajstić information content (AvgIpc) is 3.20. The summed E-state index contributed by atoms with van der Waals surface area (Å²) < 4.78 is 12.9. The Kier molecular flexibility index (Phi) is 5.10. The Labute approximate surface area is 143 Å². The number of carbonyl (C=O) groups is 2. The molecule has 0 saturated carbocycles. The summed E-state index contributed by atoms with van der Waals surface area (Å²) in [4.78, 5) is 27.0. The molecule has 1 atom stereocenters. The van der Waals surface area contributed by atoms with E-state index in [1.54, 1.807) is 28.4 Å². The smallest absolute Gasteiger partial charge is 0.315 e. The molecule has 0 radical (unpaired) electrons. The molecule has 3 amide bonds. The number of nitrogens with zero attached hydrogens (tertiary/aromatic N) is 1. The number of hydrogen-bond donors (Lipinski definition) is 2. The van der Waals surface area contributed by atoms with E-state index >= 15 is 0 Å². The second-order valence-corrected chi connectivity index (χ2v) is 6.67. The molecule has 0 unspecified atom stereocenters. The van der Waals surface area contributed by atoms with E-state index in [9.17, 15) is 14.0 Å². The molecule has 1 aliphatic heterocycles. The van der Waals surface area contributed by atoms with E-state index < -0.39 is 6.04 Å². The number of likely N-dealkylation sites (tertiary alicyclic amines) is 1. The fraction of sp³-hybridized carbons (Fsp3) is 0.294. The minimum absolute atomic E-state index is 0.106. The van der Waals surface area contributed by atoms with Crippen molar-refractivity contribution >= 4 is 23.3 Å². The van der Waals surface area contributed by atoms with Crippen LogP contribution < -0.4 is 10.6 Å². The first kappa shape index (κ1) is 16.4. The van der Waals surface area contributed by atoms with Crippen LogP contribution in [0.25, 0.3) is 0 Å². The number of urea groups is 1. The molecule has 2 aromatic rings. The highest BCUT2D eigenvalue weighted by atomic mass is 32.1. The van der Waals surface area contributed by atoms with E-state index in [1.165, 1.54) is 12.1 Å². The number of amides is 3. The van der Waals surface area contributed by atoms with Gasteiger partial charge in [-0.15, -0.1) is 11.3 Å². The third-order valence-corrected chi connectivity index (χ3v) is 4.77. The molecule has 1 aliphatic rings. The second kappa shape index (κ2) is 7.44. The number of hydrogen-bond acceptors (Lipinski definition) is 3. The highest BCUT2D eigenvalue weighted by molar-refractivity contribution is 7.09. The van der Waals surface area contributed by atoms with Crippen LogP contribution in [0.1, 0.15) is 16.9 Å². The summed E-state index contributed by atoms with van der Waals surface area (Å²) in [5.74, 6) is -0.404. The van der Waals surface area contributed by atoms with Gasteiger partial charge in [-0.1, -0.05) is 18.2 Å². The van der Waals surface area contributed by atoms with E-state index in [-0.39, 0.29) is 17.8 Å². The summed E-state index contributed by atoms with van der Waals surface area (Å²) in [6, 6.07) is 9.10. The number of carbonyl (C=O) groups excluding carboxylic acids is 2. The molecule has 1 aromatic carbocycles. The summed E-state index contributed by atoms with van der Waals surface area (Å²) in [5.41, 5.74) is 0.868. The normalized spacial score (nSPS) is 17.1. The van der Waals surface area contributed by atoms with Gasteiger partial charge in [0.05, 0.1) is 6.54 Å². The largest absolute Gasteiger partial charge is 0.336 e. The molecule has 2 N–H and O–H groups in total. The molecule has 1 saturated heterocycles. The van der Waals surface area contributed by atoms with Crippen molar-refractivity contribution in [1.82, 2.24) is 15.5 Å². The Hall–Kier alpha value is -2.41. The lowest BCUT2D eigenvalue weighted by molar-refractivity contribution is -0.129. The molecular weight excluding hydrogens is 329 g/mol. The van der Waals surface area contributed by atoms with Gasteiger partial charge >= 0.3 is 6.03 Å². The van der Waals surface area contributed by atoms with Crippen LogP contribution in [-0.2, 0) is 17.9 Å². The number of thiophene rings is 1. The number of rotatable bonds is 5. The van der Waals surface area contributed by atoms with Crippen molar-refractivity contribution < 1.29 is 14.0 Å². The monoisotopic (exact) mass is 347 g/mol. The number of nitrogens with one attached hydrogen (secondary N) is 2. The van der Waals surface area contributed by atoms with Gasteiger partial charge in [0.2, 0.25) is 5.91 Å². The van der Waals surface area contributed by atoms with Gasteiger partial charge in [-0.05, 0) is 35.6 Å². The van der Waals surface area contributed by atoms with Crippen molar-refractivity contribution in [1.29, 1.82) is 0 Å². The average molecular weight is 347 g/mol.